The zero-order valence-corrected chi connectivity index (χ0v) is 24.3. The molecule has 1 aromatic carbocycles. The summed E-state index contributed by atoms with van der Waals surface area (Å²) in [6.45, 7) is 10.5. The van der Waals surface area contributed by atoms with Gasteiger partial charge in [0, 0.05) is 75.5 Å². The highest BCUT2D eigenvalue weighted by molar-refractivity contribution is 5.97. The maximum absolute atomic E-state index is 14.3. The van der Waals surface area contributed by atoms with Crippen molar-refractivity contribution in [1.29, 1.82) is 0 Å². The lowest BCUT2D eigenvalue weighted by Crippen LogP contribution is -2.60. The van der Waals surface area contributed by atoms with Crippen molar-refractivity contribution in [2.45, 2.75) is 57.3 Å². The van der Waals surface area contributed by atoms with Crippen LogP contribution in [0.25, 0.3) is 0 Å². The van der Waals surface area contributed by atoms with Crippen LogP contribution < -0.4 is 10.2 Å². The zero-order chi connectivity index (χ0) is 26.3. The lowest BCUT2D eigenvalue weighted by Gasteiger charge is -2.41. The largest absolute Gasteiger partial charge is 0.311 e. The van der Waals surface area contributed by atoms with Crippen LogP contribution in [0.4, 0.5) is 18.9 Å². The van der Waals surface area contributed by atoms with E-state index in [4.69, 9.17) is 0 Å². The fourth-order valence-corrected chi connectivity index (χ4v) is 5.90. The molecule has 1 amide bonds. The molecule has 0 spiro atoms. The van der Waals surface area contributed by atoms with Crippen molar-refractivity contribution in [3.05, 3.63) is 58.9 Å². The highest BCUT2D eigenvalue weighted by Crippen LogP contribution is 2.40. The number of fused-ring (bicyclic) bond motifs is 1. The topological polar surface area (TPSA) is 51.7 Å². The van der Waals surface area contributed by atoms with E-state index in [9.17, 15) is 18.0 Å². The summed E-state index contributed by atoms with van der Waals surface area (Å²) in [7, 11) is 0. The van der Waals surface area contributed by atoms with Crippen molar-refractivity contribution in [3.63, 3.8) is 0 Å². The van der Waals surface area contributed by atoms with Gasteiger partial charge in [-0.3, -0.25) is 19.6 Å². The van der Waals surface area contributed by atoms with Gasteiger partial charge in [0.1, 0.15) is 17.8 Å². The molecule has 0 radical (unpaired) electrons. The standard InChI is InChI=1S/C28H36F3N5O.2ClH/c1-18-13-35(23(12-32-18)15-34-7-6-22(30)14-34)16-26(37)36-17-28(2,3)27-25(36)9-19(11-33-27)8-20-4-5-21(29)10-24(20)31;;/h4-5,9-11,18,22-23,32H,6-8,12-17H2,1-3H3;2*1H/t18-,22+,23-;;/m1../s1. The van der Waals surface area contributed by atoms with Gasteiger partial charge in [0.15, 0.2) is 0 Å². The molecule has 1 aromatic heterocycles. The van der Waals surface area contributed by atoms with Gasteiger partial charge < -0.3 is 10.2 Å². The van der Waals surface area contributed by atoms with E-state index in [2.05, 4.69) is 40.9 Å². The van der Waals surface area contributed by atoms with Gasteiger partial charge in [0.05, 0.1) is 17.9 Å². The Morgan fingerprint density at radius 1 is 1.18 bits per heavy atom. The molecule has 0 saturated carbocycles. The third kappa shape index (κ3) is 7.06. The number of amides is 1. The lowest BCUT2D eigenvalue weighted by molar-refractivity contribution is -0.120. The molecule has 6 nitrogen and oxygen atoms in total. The number of hydrogen-bond donors (Lipinski definition) is 1. The first-order valence-corrected chi connectivity index (χ1v) is 13.2. The SMILES string of the molecule is C[C@@H]1CN(CC(=O)N2CC(C)(C)c3ncc(Cc4ccc(F)cc4F)cc32)[C@@H](CN2CC[C@H](F)C2)CN1.Cl.Cl. The minimum absolute atomic E-state index is 0. The quantitative estimate of drug-likeness (QED) is 0.551. The number of anilines is 1. The van der Waals surface area contributed by atoms with E-state index in [0.717, 1.165) is 49.2 Å². The average Bonchev–Trinajstić information content (AvgIpc) is 3.37. The van der Waals surface area contributed by atoms with Gasteiger partial charge in [0.2, 0.25) is 5.91 Å². The molecule has 2 saturated heterocycles. The fraction of sp³-hybridized carbons (Fsp3) is 0.571. The van der Waals surface area contributed by atoms with Crippen molar-refractivity contribution >= 4 is 36.4 Å². The Balaban J connectivity index is 0.00000210. The van der Waals surface area contributed by atoms with Crippen LogP contribution in [0.5, 0.6) is 0 Å². The predicted molar refractivity (Wildman–Crippen MR) is 152 cm³/mol. The molecule has 0 aliphatic carbocycles. The number of carbonyl (C=O) groups is 1. The van der Waals surface area contributed by atoms with Crippen LogP contribution in [-0.4, -0.2) is 84.8 Å². The van der Waals surface area contributed by atoms with E-state index < -0.39 is 17.8 Å². The second kappa shape index (κ2) is 12.7. The normalized spacial score (nSPS) is 24.7. The van der Waals surface area contributed by atoms with Crippen molar-refractivity contribution in [3.8, 4) is 0 Å². The average molecular weight is 589 g/mol. The van der Waals surface area contributed by atoms with Crippen LogP contribution in [0.15, 0.2) is 30.5 Å². The molecular formula is C28H38Cl2F3N5O. The second-order valence-electron chi connectivity index (χ2n) is 11.5. The first-order valence-electron chi connectivity index (χ1n) is 13.2. The summed E-state index contributed by atoms with van der Waals surface area (Å²) in [5.41, 5.74) is 2.44. The Morgan fingerprint density at radius 2 is 1.95 bits per heavy atom. The zero-order valence-electron chi connectivity index (χ0n) is 22.6. The van der Waals surface area contributed by atoms with Gasteiger partial charge in [-0.05, 0) is 36.6 Å². The van der Waals surface area contributed by atoms with Crippen LogP contribution in [0, 0.1) is 11.6 Å². The van der Waals surface area contributed by atoms with Gasteiger partial charge in [-0.1, -0.05) is 19.9 Å². The number of hydrogen-bond acceptors (Lipinski definition) is 5. The summed E-state index contributed by atoms with van der Waals surface area (Å²) in [6, 6.07) is 5.89. The van der Waals surface area contributed by atoms with Gasteiger partial charge in [0.25, 0.3) is 0 Å². The molecule has 2 aromatic rings. The number of alkyl halides is 1. The van der Waals surface area contributed by atoms with E-state index in [0.29, 0.717) is 25.1 Å². The molecule has 39 heavy (non-hydrogen) atoms. The van der Waals surface area contributed by atoms with Crippen LogP contribution in [0.1, 0.15) is 44.0 Å². The molecule has 1 N–H and O–H groups in total. The van der Waals surface area contributed by atoms with E-state index in [1.165, 1.54) is 12.1 Å². The summed E-state index contributed by atoms with van der Waals surface area (Å²) >= 11 is 0. The highest BCUT2D eigenvalue weighted by Gasteiger charge is 2.41. The minimum atomic E-state index is -0.765. The van der Waals surface area contributed by atoms with Crippen LogP contribution in [-0.2, 0) is 16.6 Å². The first-order chi connectivity index (χ1) is 17.6. The minimum Gasteiger partial charge on any atom is -0.311 e. The molecule has 0 unspecified atom stereocenters. The van der Waals surface area contributed by atoms with Crippen molar-refractivity contribution in [1.82, 2.24) is 20.1 Å². The number of pyridine rings is 1. The Kier molecular flexibility index (Phi) is 10.3. The molecule has 2 fully saturated rings. The van der Waals surface area contributed by atoms with E-state index in [1.807, 2.05) is 11.0 Å². The summed E-state index contributed by atoms with van der Waals surface area (Å²) < 4.78 is 41.4. The van der Waals surface area contributed by atoms with E-state index >= 15 is 0 Å². The van der Waals surface area contributed by atoms with Crippen LogP contribution in [0.2, 0.25) is 0 Å². The molecular weight excluding hydrogens is 550 g/mol. The lowest BCUT2D eigenvalue weighted by atomic mass is 9.91. The number of halogens is 5. The maximum Gasteiger partial charge on any atom is 0.241 e. The highest BCUT2D eigenvalue weighted by atomic mass is 35.5. The predicted octanol–water partition coefficient (Wildman–Crippen LogP) is 4.12. The molecule has 3 aliphatic rings. The Hall–Kier alpha value is -1.91. The third-order valence-electron chi connectivity index (χ3n) is 7.87. The summed E-state index contributed by atoms with van der Waals surface area (Å²) in [5.74, 6) is -1.20. The summed E-state index contributed by atoms with van der Waals surface area (Å²) in [6.07, 6.45) is 1.79. The number of carbonyl (C=O) groups excluding carboxylic acids is 1. The number of piperazine rings is 1. The molecule has 3 atom stereocenters. The van der Waals surface area contributed by atoms with Gasteiger partial charge in [-0.15, -0.1) is 24.8 Å². The molecule has 3 aliphatic heterocycles. The number of aromatic nitrogens is 1. The Labute approximate surface area is 241 Å². The van der Waals surface area contributed by atoms with Crippen molar-refractivity contribution in [2.75, 3.05) is 50.7 Å². The number of nitrogens with zero attached hydrogens (tertiary/aromatic N) is 4. The van der Waals surface area contributed by atoms with E-state index in [-0.39, 0.29) is 61.2 Å². The number of benzene rings is 1. The van der Waals surface area contributed by atoms with Crippen molar-refractivity contribution < 1.29 is 18.0 Å². The van der Waals surface area contributed by atoms with Crippen LogP contribution in [0.3, 0.4) is 0 Å². The third-order valence-corrected chi connectivity index (χ3v) is 7.87. The molecule has 4 heterocycles. The van der Waals surface area contributed by atoms with Crippen LogP contribution >= 0.6 is 24.8 Å². The molecule has 216 valence electrons. The number of nitrogens with one attached hydrogen (secondary N) is 1. The van der Waals surface area contributed by atoms with Gasteiger partial charge in [-0.25, -0.2) is 13.2 Å². The number of likely N-dealkylation sites (tertiary alicyclic amines) is 1. The smallest absolute Gasteiger partial charge is 0.241 e. The molecule has 11 heteroatoms. The van der Waals surface area contributed by atoms with E-state index in [1.54, 1.807) is 6.20 Å². The van der Waals surface area contributed by atoms with Crippen molar-refractivity contribution in [2.24, 2.45) is 0 Å². The van der Waals surface area contributed by atoms with Gasteiger partial charge >= 0.3 is 0 Å². The maximum atomic E-state index is 14.3. The van der Waals surface area contributed by atoms with Gasteiger partial charge in [-0.2, -0.15) is 0 Å². The Morgan fingerprint density at radius 3 is 2.64 bits per heavy atom. The summed E-state index contributed by atoms with van der Waals surface area (Å²) in [4.78, 5) is 24.6. The first kappa shape index (κ1) is 31.6. The molecule has 5 rings (SSSR count). The number of rotatable bonds is 6. The fourth-order valence-electron chi connectivity index (χ4n) is 5.90. The summed E-state index contributed by atoms with van der Waals surface area (Å²) in [5, 5.41) is 3.51. The molecule has 0 bridgehead atoms. The second-order valence-corrected chi connectivity index (χ2v) is 11.5. The Bertz CT molecular complexity index is 1170. The monoisotopic (exact) mass is 587 g/mol.